The van der Waals surface area contributed by atoms with Gasteiger partial charge in [0.2, 0.25) is 70.9 Å². The molecule has 8 fully saturated rings. The van der Waals surface area contributed by atoms with E-state index in [9.17, 15) is 50.3 Å². The molecular formula is C76H118F8N12O14. The molecule has 0 aromatic heterocycles. The maximum Gasteiger partial charge on any atom is 0.397 e. The second-order valence-corrected chi connectivity index (χ2v) is 32.6. The average Bonchev–Trinajstić information content (AvgIpc) is 1.43. The van der Waals surface area contributed by atoms with Crippen molar-refractivity contribution in [3.8, 4) is 0 Å². The zero-order valence-corrected chi connectivity index (χ0v) is 65.8. The van der Waals surface area contributed by atoms with Gasteiger partial charge in [-0.3, -0.25) is 57.5 Å². The average molecular weight is 1580 g/mol. The van der Waals surface area contributed by atoms with Gasteiger partial charge in [-0.15, -0.1) is 0 Å². The molecular weight excluding hydrogens is 1460 g/mol. The highest BCUT2D eigenvalue weighted by atomic mass is 19.4. The first-order valence-electron chi connectivity index (χ1n) is 39.7. The number of hydrogen-bond donors (Lipinski definition) is 3. The van der Waals surface area contributed by atoms with Gasteiger partial charge in [-0.05, 0) is 139 Å². The third-order valence-corrected chi connectivity index (χ3v) is 25.2. The largest absolute Gasteiger partial charge is 0.397 e. The lowest BCUT2D eigenvalue weighted by Gasteiger charge is -2.42. The zero-order valence-electron chi connectivity index (χ0n) is 65.8. The first-order chi connectivity index (χ1) is 51.8. The summed E-state index contributed by atoms with van der Waals surface area (Å²) < 4.78 is 127. The van der Waals surface area contributed by atoms with Gasteiger partial charge in [0.15, 0.2) is 0 Å². The van der Waals surface area contributed by atoms with Gasteiger partial charge >= 0.3 is 12.4 Å². The zero-order chi connectivity index (χ0) is 81.2. The Kier molecular flexibility index (Phi) is 30.8. The fourth-order valence-electron chi connectivity index (χ4n) is 18.2. The number of amides is 12. The molecule has 34 heteroatoms. The smallest absolute Gasteiger partial charge is 0.378 e. The fraction of sp³-hybridized carbons (Fsp3) is 0.842. The lowest BCUT2D eigenvalue weighted by atomic mass is 9.76. The van der Waals surface area contributed by atoms with E-state index in [4.69, 9.17) is 9.47 Å². The highest BCUT2D eigenvalue weighted by Crippen LogP contribution is 2.46. The number of hydrogen-bond acceptors (Lipinski definition) is 14. The highest BCUT2D eigenvalue weighted by molar-refractivity contribution is 6.01. The van der Waals surface area contributed by atoms with Gasteiger partial charge in [-0.2, -0.15) is 26.3 Å². The summed E-state index contributed by atoms with van der Waals surface area (Å²) in [6.07, 6.45) is -15.9. The number of halogens is 8. The van der Waals surface area contributed by atoms with E-state index in [1.165, 1.54) is 57.0 Å². The Bertz CT molecular complexity index is 3250. The number of fused-ring (bicyclic) bond motifs is 3. The van der Waals surface area contributed by atoms with Gasteiger partial charge in [0.1, 0.15) is 72.1 Å². The first kappa shape index (κ1) is 88.6. The van der Waals surface area contributed by atoms with Crippen molar-refractivity contribution in [1.82, 2.24) is 60.0 Å². The van der Waals surface area contributed by atoms with Crippen molar-refractivity contribution in [1.29, 1.82) is 0 Å². The minimum atomic E-state index is -5.22. The van der Waals surface area contributed by atoms with Gasteiger partial charge < -0.3 is 69.5 Å². The summed E-state index contributed by atoms with van der Waals surface area (Å²) in [5, 5.41) is 8.48. The van der Waals surface area contributed by atoms with Crippen LogP contribution in [0.3, 0.4) is 0 Å². The van der Waals surface area contributed by atoms with Crippen LogP contribution >= 0.6 is 0 Å². The second-order valence-electron chi connectivity index (χ2n) is 32.6. The Morgan fingerprint density at radius 1 is 0.609 bits per heavy atom. The molecule has 4 aliphatic carbocycles. The number of rotatable bonds is 12. The standard InChI is InChI=1S/C76H118F8N12O14/c1-12-45(5)63-71(106)89(7)43-61(99)91(9)56-35-44(4)27-30-95(70(56)105)58(38-46-21-24-49(25-22-46)75(79,80)81)68(103)88(6)42-59(97)85-53(26-23-47-36-51(77)62(52(78)37-47)76(82,83)84)67(102)96-41-50(110-14-3)39-55(96)66(101)87-74(28-17-18-29-74)73(108)93(11)64(48-19-15-16-20-48)72(107)92(10)57(69(104)94-31-33-109-34-32-94)40-60(98)90(8)54(13-2)65(100)86-63/h44-58,62-64H,12-43H2,1-11H3,(H,85,97)(H,86,100)(H,87,101)/t44-,45-,46?,47?,49?,50+,51?,52?,53-,54-,55-,56-,57-,58-,62?,63-,64-/m0/s1. The normalized spacial score (nSPS) is 33.0. The Morgan fingerprint density at radius 2 is 1.23 bits per heavy atom. The minimum absolute atomic E-state index is 0.00287. The molecule has 12 amide bonds. The van der Waals surface area contributed by atoms with Crippen LogP contribution < -0.4 is 16.0 Å². The molecule has 1 spiro atoms. The molecule has 0 radical (unpaired) electrons. The maximum absolute atomic E-state index is 15.8. The highest BCUT2D eigenvalue weighted by Gasteiger charge is 2.56. The van der Waals surface area contributed by atoms with E-state index < -0.39 is 230 Å². The van der Waals surface area contributed by atoms with Crippen LogP contribution in [0.1, 0.15) is 182 Å². The number of nitrogens with zero attached hydrogens (tertiary/aromatic N) is 9. The third-order valence-electron chi connectivity index (χ3n) is 25.2. The molecule has 8 rings (SSSR count). The van der Waals surface area contributed by atoms with Crippen molar-refractivity contribution in [2.24, 2.45) is 41.4 Å². The van der Waals surface area contributed by atoms with Crippen LogP contribution in [0, 0.1) is 41.4 Å². The number of likely N-dealkylation sites (N-methyl/N-ethyl adjacent to an activating group) is 6. The SMILES string of the molecule is CCO[C@@H]1C[C@H]2C(=O)NC3(CCCC3)C(=O)N(C)[C@@H](C3CCCC3)C(=O)N(C)[C@H](C(=O)N3CCOCC3)CC(=O)N(C)[C@@H](CC)C(=O)N[C@@H]([C@@H](C)CC)C(=O)N(C)CC(=O)N(C)[C@H]3C[C@@H](C)CCN(C3=O)[C@@H](CC3CCC(C(F)(F)F)CC3)C(=O)N(C)CC(=O)N[C@@H](CCC3CC(F)C(C(F)(F)F)C(F)C3)C(=O)N2C1. The first-order valence-corrected chi connectivity index (χ1v) is 39.7. The van der Waals surface area contributed by atoms with Crippen LogP contribution in [0.2, 0.25) is 0 Å². The number of carbonyl (C=O) groups excluding carboxylic acids is 12. The van der Waals surface area contributed by atoms with Crippen LogP contribution in [0.25, 0.3) is 0 Å². The van der Waals surface area contributed by atoms with Crippen LogP contribution in [0.4, 0.5) is 35.1 Å². The maximum atomic E-state index is 15.8. The van der Waals surface area contributed by atoms with Gasteiger partial charge in [0.05, 0.1) is 44.7 Å². The van der Waals surface area contributed by atoms with Gasteiger partial charge in [-0.25, -0.2) is 8.78 Å². The summed E-state index contributed by atoms with van der Waals surface area (Å²) in [6, 6.07) is -11.3. The molecule has 0 aromatic carbocycles. The molecule has 3 N–H and O–H groups in total. The molecule has 13 atom stereocenters. The second kappa shape index (κ2) is 38.2. The number of morpholine rings is 1. The topological polar surface area (TPSA) is 289 Å². The van der Waals surface area contributed by atoms with Crippen molar-refractivity contribution < 1.29 is 102 Å². The summed E-state index contributed by atoms with van der Waals surface area (Å²) in [4.78, 5) is 193. The predicted molar refractivity (Wildman–Crippen MR) is 385 cm³/mol. The van der Waals surface area contributed by atoms with Crippen LogP contribution in [0.5, 0.6) is 0 Å². The summed E-state index contributed by atoms with van der Waals surface area (Å²) in [5.41, 5.74) is -1.72. The van der Waals surface area contributed by atoms with Gasteiger partial charge in [0, 0.05) is 81.5 Å². The number of alkyl halides is 8. The van der Waals surface area contributed by atoms with E-state index >= 15 is 42.3 Å². The Hall–Kier alpha value is -7.00. The van der Waals surface area contributed by atoms with E-state index in [1.807, 2.05) is 6.92 Å². The summed E-state index contributed by atoms with van der Waals surface area (Å²) in [7, 11) is 8.08. The Balaban J connectivity index is 1.21. The van der Waals surface area contributed by atoms with E-state index in [-0.39, 0.29) is 129 Å². The molecule has 110 heavy (non-hydrogen) atoms. The molecule has 4 heterocycles. The summed E-state index contributed by atoms with van der Waals surface area (Å²) >= 11 is 0. The van der Waals surface area contributed by atoms with Crippen molar-refractivity contribution in [3.05, 3.63) is 0 Å². The lowest BCUT2D eigenvalue weighted by molar-refractivity contribution is -0.219. The number of ether oxygens (including phenoxy) is 2. The molecule has 622 valence electrons. The summed E-state index contributed by atoms with van der Waals surface area (Å²) in [6.45, 7) is 7.32. The van der Waals surface area contributed by atoms with E-state index in [0.717, 1.165) is 29.4 Å². The molecule has 8 aliphatic rings. The van der Waals surface area contributed by atoms with Gasteiger partial charge in [-0.1, -0.05) is 59.8 Å². The Labute approximate surface area is 640 Å². The van der Waals surface area contributed by atoms with Crippen molar-refractivity contribution in [2.75, 3.05) is 101 Å². The van der Waals surface area contributed by atoms with E-state index in [1.54, 1.807) is 27.7 Å². The van der Waals surface area contributed by atoms with Crippen LogP contribution in [-0.2, 0) is 67.0 Å². The number of nitrogens with one attached hydrogen (secondary N) is 3. The molecule has 4 saturated heterocycles. The monoisotopic (exact) mass is 1570 g/mol. The third kappa shape index (κ3) is 21.1. The molecule has 4 aliphatic heterocycles. The molecule has 2 unspecified atom stereocenters. The van der Waals surface area contributed by atoms with E-state index in [2.05, 4.69) is 16.0 Å². The van der Waals surface area contributed by atoms with Crippen molar-refractivity contribution in [3.63, 3.8) is 0 Å². The molecule has 2 bridgehead atoms. The van der Waals surface area contributed by atoms with Crippen LogP contribution in [-0.4, -0.2) is 301 Å². The molecule has 4 saturated carbocycles. The lowest BCUT2D eigenvalue weighted by Crippen LogP contribution is -2.65. The number of carbonyl (C=O) groups is 12. The van der Waals surface area contributed by atoms with Crippen LogP contribution in [0.15, 0.2) is 0 Å². The molecule has 0 aromatic rings. The van der Waals surface area contributed by atoms with E-state index in [0.29, 0.717) is 44.9 Å². The van der Waals surface area contributed by atoms with Crippen molar-refractivity contribution >= 4 is 70.9 Å². The summed E-state index contributed by atoms with van der Waals surface area (Å²) in [5.74, 6) is -16.9. The minimum Gasteiger partial charge on any atom is -0.378 e. The van der Waals surface area contributed by atoms with Gasteiger partial charge in [0.25, 0.3) is 0 Å². The Morgan fingerprint density at radius 3 is 1.81 bits per heavy atom. The quantitative estimate of drug-likeness (QED) is 0.190. The van der Waals surface area contributed by atoms with Crippen molar-refractivity contribution in [2.45, 2.75) is 267 Å². The molecule has 26 nitrogen and oxygen atoms in total. The fourth-order valence-corrected chi connectivity index (χ4v) is 18.2. The predicted octanol–water partition coefficient (Wildman–Crippen LogP) is 5.96.